The third kappa shape index (κ3) is 5.40. The normalized spacial score (nSPS) is 11.2. The zero-order valence-electron chi connectivity index (χ0n) is 16.3. The lowest BCUT2D eigenvalue weighted by atomic mass is 10.1. The maximum absolute atomic E-state index is 12.5. The molecule has 1 heterocycles. The number of furan rings is 1. The molecule has 2 aromatic carbocycles. The Kier molecular flexibility index (Phi) is 6.76. The molecule has 0 saturated heterocycles. The van der Waals surface area contributed by atoms with Crippen LogP contribution in [0.5, 0.6) is 5.75 Å². The quantitative estimate of drug-likeness (QED) is 0.452. The Balaban J connectivity index is 1.68. The number of carboxylic acids is 1. The minimum Gasteiger partial charge on any atom is -0.497 e. The first-order valence-corrected chi connectivity index (χ1v) is 10.6. The molecule has 3 N–H and O–H groups in total. The smallest absolute Gasteiger partial charge is 0.337 e. The Morgan fingerprint density at radius 3 is 2.53 bits per heavy atom. The number of carboxylic acid groups (broad SMARTS) is 1. The van der Waals surface area contributed by atoms with Gasteiger partial charge in [0.1, 0.15) is 11.5 Å². The second-order valence-electron chi connectivity index (χ2n) is 6.44. The van der Waals surface area contributed by atoms with Crippen LogP contribution in [0.2, 0.25) is 0 Å². The van der Waals surface area contributed by atoms with E-state index in [4.69, 9.17) is 9.15 Å². The molecule has 0 aliphatic carbocycles. The maximum atomic E-state index is 12.5. The number of sulfonamides is 1. The number of ether oxygens (including phenoxy) is 1. The third-order valence-electron chi connectivity index (χ3n) is 4.44. The van der Waals surface area contributed by atoms with Crippen molar-refractivity contribution in [3.05, 3.63) is 77.7 Å². The molecule has 0 aliphatic heterocycles. The van der Waals surface area contributed by atoms with E-state index in [1.807, 2.05) is 24.3 Å². The molecule has 1 aromatic heterocycles. The molecule has 0 amide bonds. The molecule has 8 nitrogen and oxygen atoms in total. The molecule has 9 heteroatoms. The topological polar surface area (TPSA) is 118 Å². The van der Waals surface area contributed by atoms with Crippen molar-refractivity contribution in [3.63, 3.8) is 0 Å². The number of hydrogen-bond donors (Lipinski definition) is 3. The molecule has 0 unspecified atom stereocenters. The van der Waals surface area contributed by atoms with Gasteiger partial charge in [0, 0.05) is 12.2 Å². The van der Waals surface area contributed by atoms with Crippen molar-refractivity contribution in [1.82, 2.24) is 4.72 Å². The van der Waals surface area contributed by atoms with Crippen LogP contribution in [0.4, 0.5) is 5.69 Å². The predicted molar refractivity (Wildman–Crippen MR) is 111 cm³/mol. The lowest BCUT2D eigenvalue weighted by molar-refractivity contribution is 0.0697. The summed E-state index contributed by atoms with van der Waals surface area (Å²) >= 11 is 0. The van der Waals surface area contributed by atoms with Gasteiger partial charge in [0.15, 0.2) is 0 Å². The highest BCUT2D eigenvalue weighted by molar-refractivity contribution is 7.89. The lowest BCUT2D eigenvalue weighted by Crippen LogP contribution is -2.23. The van der Waals surface area contributed by atoms with Crippen LogP contribution >= 0.6 is 0 Å². The molecular weight excluding hydrogens is 408 g/mol. The van der Waals surface area contributed by atoms with Gasteiger partial charge in [-0.3, -0.25) is 0 Å². The average Bonchev–Trinajstić information content (AvgIpc) is 3.26. The average molecular weight is 430 g/mol. The minimum atomic E-state index is -3.89. The number of aromatic carboxylic acids is 1. The molecule has 0 fully saturated rings. The van der Waals surface area contributed by atoms with Crippen molar-refractivity contribution >= 4 is 21.7 Å². The number of hydrogen-bond acceptors (Lipinski definition) is 6. The van der Waals surface area contributed by atoms with E-state index in [1.165, 1.54) is 18.4 Å². The number of benzene rings is 2. The molecule has 0 saturated carbocycles. The van der Waals surface area contributed by atoms with E-state index < -0.39 is 16.0 Å². The maximum Gasteiger partial charge on any atom is 0.337 e. The summed E-state index contributed by atoms with van der Waals surface area (Å²) in [6.45, 7) is 0.453. The summed E-state index contributed by atoms with van der Waals surface area (Å²) in [7, 11) is -2.29. The van der Waals surface area contributed by atoms with Crippen LogP contribution in [0.1, 0.15) is 21.7 Å². The van der Waals surface area contributed by atoms with Gasteiger partial charge in [-0.15, -0.1) is 0 Å². The van der Waals surface area contributed by atoms with E-state index in [9.17, 15) is 18.3 Å². The van der Waals surface area contributed by atoms with Gasteiger partial charge in [0.05, 0.1) is 30.4 Å². The van der Waals surface area contributed by atoms with Crippen molar-refractivity contribution in [2.24, 2.45) is 0 Å². The van der Waals surface area contributed by atoms with E-state index in [0.29, 0.717) is 24.4 Å². The fourth-order valence-electron chi connectivity index (χ4n) is 2.82. The van der Waals surface area contributed by atoms with Gasteiger partial charge < -0.3 is 19.6 Å². The van der Waals surface area contributed by atoms with E-state index in [1.54, 1.807) is 19.2 Å². The van der Waals surface area contributed by atoms with E-state index in [2.05, 4.69) is 10.0 Å². The molecule has 0 aliphatic rings. The Morgan fingerprint density at radius 2 is 1.90 bits per heavy atom. The Bertz CT molecular complexity index is 1090. The molecule has 0 atom stereocenters. The lowest BCUT2D eigenvalue weighted by Gasteiger charge is -2.12. The van der Waals surface area contributed by atoms with Gasteiger partial charge in [-0.1, -0.05) is 12.1 Å². The van der Waals surface area contributed by atoms with E-state index in [0.717, 1.165) is 17.4 Å². The van der Waals surface area contributed by atoms with Crippen LogP contribution < -0.4 is 14.8 Å². The van der Waals surface area contributed by atoms with E-state index in [-0.39, 0.29) is 17.0 Å². The van der Waals surface area contributed by atoms with Gasteiger partial charge in [0.2, 0.25) is 10.0 Å². The zero-order chi connectivity index (χ0) is 21.6. The standard InChI is InChI=1S/C21H22N2O6S/c1-28-16-6-4-15(5-7-16)10-11-22-20-9-8-18(13-19(20)21(24)25)30(26,27)23-14-17-3-2-12-29-17/h2-9,12-13,22-23H,10-11,14H2,1H3,(H,24,25). The second kappa shape index (κ2) is 9.47. The van der Waals surface area contributed by atoms with Crippen molar-refractivity contribution in [1.29, 1.82) is 0 Å². The van der Waals surface area contributed by atoms with E-state index >= 15 is 0 Å². The summed E-state index contributed by atoms with van der Waals surface area (Å²) < 4.78 is 37.6. The van der Waals surface area contributed by atoms with Crippen LogP contribution in [0, 0.1) is 0 Å². The summed E-state index contributed by atoms with van der Waals surface area (Å²) in [5.41, 5.74) is 1.29. The molecule has 3 aromatic rings. The Labute approximate surface area is 174 Å². The van der Waals surface area contributed by atoms with Gasteiger partial charge in [-0.2, -0.15) is 0 Å². The fraction of sp³-hybridized carbons (Fsp3) is 0.190. The number of methoxy groups -OCH3 is 1. The number of rotatable bonds is 10. The highest BCUT2D eigenvalue weighted by Crippen LogP contribution is 2.21. The molecule has 3 rings (SSSR count). The highest BCUT2D eigenvalue weighted by Gasteiger charge is 2.19. The van der Waals surface area contributed by atoms with Crippen LogP contribution in [-0.4, -0.2) is 33.1 Å². The molecular formula is C21H22N2O6S. The van der Waals surface area contributed by atoms with Crippen LogP contribution in [-0.2, 0) is 23.0 Å². The second-order valence-corrected chi connectivity index (χ2v) is 8.21. The predicted octanol–water partition coefficient (Wildman–Crippen LogP) is 3.12. The zero-order valence-corrected chi connectivity index (χ0v) is 17.1. The third-order valence-corrected chi connectivity index (χ3v) is 5.84. The molecule has 0 radical (unpaired) electrons. The minimum absolute atomic E-state index is 0.0282. The molecule has 0 bridgehead atoms. The largest absolute Gasteiger partial charge is 0.497 e. The van der Waals surface area contributed by atoms with Crippen molar-refractivity contribution in [2.75, 3.05) is 19.0 Å². The summed E-state index contributed by atoms with van der Waals surface area (Å²) in [6, 6.07) is 14.8. The molecule has 0 spiro atoms. The SMILES string of the molecule is COc1ccc(CCNc2ccc(S(=O)(=O)NCc3ccco3)cc2C(=O)O)cc1. The molecule has 30 heavy (non-hydrogen) atoms. The summed E-state index contributed by atoms with van der Waals surface area (Å²) in [4.78, 5) is 11.5. The van der Waals surface area contributed by atoms with Crippen molar-refractivity contribution in [3.8, 4) is 5.75 Å². The van der Waals surface area contributed by atoms with Gasteiger partial charge in [-0.05, 0) is 54.4 Å². The van der Waals surface area contributed by atoms with Crippen LogP contribution in [0.15, 0.2) is 70.2 Å². The number of nitrogens with one attached hydrogen (secondary N) is 2. The summed E-state index contributed by atoms with van der Waals surface area (Å²) in [5.74, 6) is -0.00351. The first-order valence-electron chi connectivity index (χ1n) is 9.15. The first-order chi connectivity index (χ1) is 14.4. The first kappa shape index (κ1) is 21.4. The van der Waals surface area contributed by atoms with Crippen molar-refractivity contribution < 1.29 is 27.5 Å². The fourth-order valence-corrected chi connectivity index (χ4v) is 3.84. The van der Waals surface area contributed by atoms with Gasteiger partial charge >= 0.3 is 5.97 Å². The Morgan fingerprint density at radius 1 is 1.13 bits per heavy atom. The van der Waals surface area contributed by atoms with Crippen molar-refractivity contribution in [2.45, 2.75) is 17.9 Å². The number of anilines is 1. The Hall–Kier alpha value is -3.30. The van der Waals surface area contributed by atoms with Gasteiger partial charge in [0.25, 0.3) is 0 Å². The van der Waals surface area contributed by atoms with Gasteiger partial charge in [-0.25, -0.2) is 17.9 Å². The van der Waals surface area contributed by atoms with Crippen LogP contribution in [0.25, 0.3) is 0 Å². The summed E-state index contributed by atoms with van der Waals surface area (Å²) in [5, 5.41) is 12.6. The monoisotopic (exact) mass is 430 g/mol. The number of carbonyl (C=O) groups is 1. The summed E-state index contributed by atoms with van der Waals surface area (Å²) in [6.07, 6.45) is 2.10. The van der Waals surface area contributed by atoms with Crippen LogP contribution in [0.3, 0.4) is 0 Å². The highest BCUT2D eigenvalue weighted by atomic mass is 32.2. The molecule has 158 valence electrons.